The summed E-state index contributed by atoms with van der Waals surface area (Å²) in [5.74, 6) is -1.17. The molecular formula is C16H22Cl2F4N2. The van der Waals surface area contributed by atoms with Crippen molar-refractivity contribution in [2.75, 3.05) is 26.2 Å². The molecule has 1 aliphatic rings. The van der Waals surface area contributed by atoms with E-state index in [0.717, 1.165) is 24.7 Å². The van der Waals surface area contributed by atoms with Crippen LogP contribution in [0.5, 0.6) is 0 Å². The first-order valence-corrected chi connectivity index (χ1v) is 7.25. The molecular weight excluding hydrogens is 367 g/mol. The average molecular weight is 389 g/mol. The van der Waals surface area contributed by atoms with Crippen LogP contribution in [0.1, 0.15) is 30.5 Å². The van der Waals surface area contributed by atoms with E-state index in [-0.39, 0.29) is 30.4 Å². The third-order valence-corrected chi connectivity index (χ3v) is 3.83. The summed E-state index contributed by atoms with van der Waals surface area (Å²) in [5, 5.41) is 3.19. The minimum Gasteiger partial charge on any atom is -0.314 e. The van der Waals surface area contributed by atoms with Gasteiger partial charge in [0, 0.05) is 37.8 Å². The SMILES string of the molecule is C=C(C)C[C@@H](c1cccc(C(F)(F)F)c1F)N1CCNCC1.Cl.Cl. The van der Waals surface area contributed by atoms with E-state index in [1.807, 2.05) is 4.90 Å². The standard InChI is InChI=1S/C16H20F4N2.2ClH/c1-11(2)10-14(22-8-6-21-7-9-22)12-4-3-5-13(15(12)17)16(18,19)20;;/h3-5,14,21H,1,6-10H2,2H3;2*1H/t14-;;/m0../s1. The van der Waals surface area contributed by atoms with Gasteiger partial charge >= 0.3 is 6.18 Å². The molecule has 1 atom stereocenters. The number of hydrogen-bond acceptors (Lipinski definition) is 2. The molecule has 0 bridgehead atoms. The van der Waals surface area contributed by atoms with Crippen molar-refractivity contribution in [2.45, 2.75) is 25.6 Å². The normalized spacial score (nSPS) is 16.7. The van der Waals surface area contributed by atoms with Gasteiger partial charge < -0.3 is 5.32 Å². The molecule has 2 nitrogen and oxygen atoms in total. The number of nitrogens with one attached hydrogen (secondary N) is 1. The fourth-order valence-electron chi connectivity index (χ4n) is 2.79. The van der Waals surface area contributed by atoms with Crippen LogP contribution in [0.2, 0.25) is 0 Å². The minimum atomic E-state index is -4.68. The van der Waals surface area contributed by atoms with Crippen molar-refractivity contribution < 1.29 is 17.6 Å². The Balaban J connectivity index is 0.00000264. The Kier molecular flexibility index (Phi) is 9.28. The van der Waals surface area contributed by atoms with Crippen molar-refractivity contribution in [2.24, 2.45) is 0 Å². The molecule has 1 heterocycles. The van der Waals surface area contributed by atoms with Gasteiger partial charge in [0.1, 0.15) is 5.82 Å². The van der Waals surface area contributed by atoms with Gasteiger partial charge in [0.25, 0.3) is 0 Å². The van der Waals surface area contributed by atoms with Crippen molar-refractivity contribution in [3.63, 3.8) is 0 Å². The molecule has 0 unspecified atom stereocenters. The number of hydrogen-bond donors (Lipinski definition) is 1. The Morgan fingerprint density at radius 2 is 1.83 bits per heavy atom. The molecule has 1 aromatic carbocycles. The molecule has 1 fully saturated rings. The first-order valence-electron chi connectivity index (χ1n) is 7.25. The molecule has 0 spiro atoms. The lowest BCUT2D eigenvalue weighted by Crippen LogP contribution is -2.45. The van der Waals surface area contributed by atoms with Gasteiger partial charge in [0.05, 0.1) is 5.56 Å². The molecule has 1 aromatic rings. The summed E-state index contributed by atoms with van der Waals surface area (Å²) in [7, 11) is 0. The quantitative estimate of drug-likeness (QED) is 0.598. The second-order valence-electron chi connectivity index (χ2n) is 5.67. The summed E-state index contributed by atoms with van der Waals surface area (Å²) in [5.41, 5.74) is -0.285. The van der Waals surface area contributed by atoms with Crippen molar-refractivity contribution in [3.05, 3.63) is 47.3 Å². The topological polar surface area (TPSA) is 15.3 Å². The van der Waals surface area contributed by atoms with E-state index in [4.69, 9.17) is 0 Å². The Labute approximate surface area is 152 Å². The van der Waals surface area contributed by atoms with E-state index in [2.05, 4.69) is 11.9 Å². The highest BCUT2D eigenvalue weighted by atomic mass is 35.5. The highest BCUT2D eigenvalue weighted by molar-refractivity contribution is 5.85. The van der Waals surface area contributed by atoms with Gasteiger partial charge in [-0.2, -0.15) is 13.2 Å². The van der Waals surface area contributed by atoms with Gasteiger partial charge in [0.2, 0.25) is 0 Å². The van der Waals surface area contributed by atoms with Crippen molar-refractivity contribution in [3.8, 4) is 0 Å². The fourth-order valence-corrected chi connectivity index (χ4v) is 2.79. The van der Waals surface area contributed by atoms with E-state index in [1.54, 1.807) is 6.92 Å². The summed E-state index contributed by atoms with van der Waals surface area (Å²) in [6.45, 7) is 8.47. The monoisotopic (exact) mass is 388 g/mol. The van der Waals surface area contributed by atoms with Crippen LogP contribution in [-0.4, -0.2) is 31.1 Å². The Hall–Kier alpha value is -0.820. The number of benzene rings is 1. The Morgan fingerprint density at radius 3 is 2.33 bits per heavy atom. The van der Waals surface area contributed by atoms with Crippen LogP contribution < -0.4 is 5.32 Å². The molecule has 138 valence electrons. The second kappa shape index (κ2) is 9.61. The average Bonchev–Trinajstić information content (AvgIpc) is 2.45. The minimum absolute atomic E-state index is 0. The maximum Gasteiger partial charge on any atom is 0.419 e. The van der Waals surface area contributed by atoms with Crippen molar-refractivity contribution in [1.29, 1.82) is 0 Å². The molecule has 8 heteroatoms. The molecule has 2 rings (SSSR count). The molecule has 0 saturated carbocycles. The zero-order valence-corrected chi connectivity index (χ0v) is 15.0. The summed E-state index contributed by atoms with van der Waals surface area (Å²) < 4.78 is 53.2. The van der Waals surface area contributed by atoms with E-state index >= 15 is 0 Å². The zero-order chi connectivity index (χ0) is 16.3. The van der Waals surface area contributed by atoms with Crippen LogP contribution >= 0.6 is 24.8 Å². The van der Waals surface area contributed by atoms with E-state index < -0.39 is 23.6 Å². The summed E-state index contributed by atoms with van der Waals surface area (Å²) in [4.78, 5) is 2.02. The predicted molar refractivity (Wildman–Crippen MR) is 92.5 cm³/mol. The van der Waals surface area contributed by atoms with Crippen LogP contribution in [0.25, 0.3) is 0 Å². The van der Waals surface area contributed by atoms with Gasteiger partial charge in [0.15, 0.2) is 0 Å². The lowest BCUT2D eigenvalue weighted by Gasteiger charge is -2.36. The fraction of sp³-hybridized carbons (Fsp3) is 0.500. The second-order valence-corrected chi connectivity index (χ2v) is 5.67. The van der Waals surface area contributed by atoms with Gasteiger partial charge in [-0.05, 0) is 19.4 Å². The highest BCUT2D eigenvalue weighted by Crippen LogP contribution is 2.36. The third-order valence-electron chi connectivity index (χ3n) is 3.83. The predicted octanol–water partition coefficient (Wildman–Crippen LogP) is 4.60. The molecule has 1 saturated heterocycles. The number of nitrogens with zero attached hydrogens (tertiary/aromatic N) is 1. The van der Waals surface area contributed by atoms with E-state index in [0.29, 0.717) is 19.5 Å². The van der Waals surface area contributed by atoms with E-state index in [9.17, 15) is 17.6 Å². The Morgan fingerprint density at radius 1 is 1.25 bits per heavy atom. The smallest absolute Gasteiger partial charge is 0.314 e. The lowest BCUT2D eigenvalue weighted by molar-refractivity contribution is -0.140. The van der Waals surface area contributed by atoms with Gasteiger partial charge in [-0.15, -0.1) is 31.4 Å². The molecule has 1 aliphatic heterocycles. The van der Waals surface area contributed by atoms with Gasteiger partial charge in [-0.25, -0.2) is 4.39 Å². The first-order chi connectivity index (χ1) is 10.3. The van der Waals surface area contributed by atoms with Crippen LogP contribution in [0.4, 0.5) is 17.6 Å². The van der Waals surface area contributed by atoms with Crippen molar-refractivity contribution >= 4 is 24.8 Å². The maximum absolute atomic E-state index is 14.4. The number of halogens is 6. The Bertz CT molecular complexity index is 543. The van der Waals surface area contributed by atoms with Gasteiger partial charge in [-0.1, -0.05) is 17.7 Å². The number of piperazine rings is 1. The summed E-state index contributed by atoms with van der Waals surface area (Å²) >= 11 is 0. The van der Waals surface area contributed by atoms with Crippen LogP contribution in [0.3, 0.4) is 0 Å². The number of alkyl halides is 3. The summed E-state index contributed by atoms with van der Waals surface area (Å²) in [6, 6.07) is 3.09. The molecule has 0 radical (unpaired) electrons. The molecule has 1 N–H and O–H groups in total. The summed E-state index contributed by atoms with van der Waals surface area (Å²) in [6.07, 6.45) is -4.24. The molecule has 0 aromatic heterocycles. The van der Waals surface area contributed by atoms with Crippen molar-refractivity contribution in [1.82, 2.24) is 10.2 Å². The van der Waals surface area contributed by atoms with Crippen LogP contribution in [0.15, 0.2) is 30.4 Å². The molecule has 0 amide bonds. The first kappa shape index (κ1) is 23.2. The zero-order valence-electron chi connectivity index (χ0n) is 13.3. The molecule has 0 aliphatic carbocycles. The highest BCUT2D eigenvalue weighted by Gasteiger charge is 2.36. The largest absolute Gasteiger partial charge is 0.419 e. The van der Waals surface area contributed by atoms with Crippen LogP contribution in [-0.2, 0) is 6.18 Å². The van der Waals surface area contributed by atoms with E-state index in [1.165, 1.54) is 12.1 Å². The van der Waals surface area contributed by atoms with Crippen LogP contribution in [0, 0.1) is 5.82 Å². The lowest BCUT2D eigenvalue weighted by atomic mass is 9.95. The maximum atomic E-state index is 14.4. The van der Waals surface area contributed by atoms with Gasteiger partial charge in [-0.3, -0.25) is 4.90 Å². The molecule has 24 heavy (non-hydrogen) atoms. The number of rotatable bonds is 4. The third kappa shape index (κ3) is 5.62.